The highest BCUT2D eigenvalue weighted by atomic mass is 16.5. The molecular formula is C17H18N2O. The van der Waals surface area contributed by atoms with Gasteiger partial charge in [-0.2, -0.15) is 5.10 Å². The molecular weight excluding hydrogens is 248 g/mol. The van der Waals surface area contributed by atoms with Crippen molar-refractivity contribution in [3.05, 3.63) is 72.8 Å². The molecule has 0 N–H and O–H groups in total. The van der Waals surface area contributed by atoms with Gasteiger partial charge >= 0.3 is 0 Å². The van der Waals surface area contributed by atoms with Crippen molar-refractivity contribution < 1.29 is 4.74 Å². The van der Waals surface area contributed by atoms with Crippen LogP contribution in [0.2, 0.25) is 0 Å². The van der Waals surface area contributed by atoms with Crippen molar-refractivity contribution in [1.82, 2.24) is 0 Å². The Morgan fingerprint density at radius 3 is 2.45 bits per heavy atom. The van der Waals surface area contributed by atoms with Gasteiger partial charge in [-0.1, -0.05) is 30.9 Å². The van der Waals surface area contributed by atoms with Gasteiger partial charge in [0.05, 0.1) is 11.9 Å². The van der Waals surface area contributed by atoms with Gasteiger partial charge in [0.15, 0.2) is 0 Å². The molecule has 0 spiro atoms. The zero-order valence-corrected chi connectivity index (χ0v) is 11.6. The zero-order valence-electron chi connectivity index (χ0n) is 11.6. The van der Waals surface area contributed by atoms with E-state index < -0.39 is 0 Å². The van der Waals surface area contributed by atoms with Crippen LogP contribution in [-0.2, 0) is 0 Å². The number of hydrogen-bond donors (Lipinski definition) is 0. The first-order chi connectivity index (χ1) is 9.79. The Morgan fingerprint density at radius 1 is 1.10 bits per heavy atom. The van der Waals surface area contributed by atoms with Crippen LogP contribution in [0.4, 0.5) is 5.69 Å². The molecule has 0 aliphatic carbocycles. The van der Waals surface area contributed by atoms with Crippen LogP contribution >= 0.6 is 0 Å². The summed E-state index contributed by atoms with van der Waals surface area (Å²) in [5.41, 5.74) is 2.08. The number of rotatable bonds is 6. The van der Waals surface area contributed by atoms with E-state index in [1.165, 1.54) is 0 Å². The first-order valence-corrected chi connectivity index (χ1v) is 6.46. The van der Waals surface area contributed by atoms with Crippen molar-refractivity contribution in [2.75, 3.05) is 18.7 Å². The number of anilines is 1. The Kier molecular flexibility index (Phi) is 4.95. The van der Waals surface area contributed by atoms with E-state index in [-0.39, 0.29) is 0 Å². The lowest BCUT2D eigenvalue weighted by molar-refractivity contribution is 0.363. The molecule has 20 heavy (non-hydrogen) atoms. The third-order valence-corrected chi connectivity index (χ3v) is 2.76. The van der Waals surface area contributed by atoms with Crippen molar-refractivity contribution in [2.24, 2.45) is 5.10 Å². The van der Waals surface area contributed by atoms with Crippen LogP contribution < -0.4 is 9.75 Å². The molecule has 0 atom stereocenters. The minimum absolute atomic E-state index is 0.518. The summed E-state index contributed by atoms with van der Waals surface area (Å²) in [7, 11) is 1.92. The Morgan fingerprint density at radius 2 is 1.80 bits per heavy atom. The molecule has 3 heteroatoms. The standard InChI is InChI=1S/C17H18N2O/c1-3-13-20-17-11-9-15(10-12-17)14-18-19(2)16-7-5-4-6-8-16/h3-12,14H,1,13H2,2H3. The van der Waals surface area contributed by atoms with Crippen LogP contribution in [0.25, 0.3) is 0 Å². The van der Waals surface area contributed by atoms with E-state index in [1.54, 1.807) is 6.08 Å². The highest BCUT2D eigenvalue weighted by molar-refractivity contribution is 5.80. The lowest BCUT2D eigenvalue weighted by Crippen LogP contribution is -2.08. The summed E-state index contributed by atoms with van der Waals surface area (Å²) in [6.45, 7) is 4.14. The SMILES string of the molecule is C=CCOc1ccc(C=NN(C)c2ccccc2)cc1. The van der Waals surface area contributed by atoms with Crippen LogP contribution in [0.5, 0.6) is 5.75 Å². The minimum Gasteiger partial charge on any atom is -0.490 e. The Labute approximate surface area is 119 Å². The van der Waals surface area contributed by atoms with Gasteiger partial charge in [-0.3, -0.25) is 5.01 Å². The van der Waals surface area contributed by atoms with Crippen molar-refractivity contribution in [3.8, 4) is 5.75 Å². The summed E-state index contributed by atoms with van der Waals surface area (Å²) in [4.78, 5) is 0. The second-order valence-electron chi connectivity index (χ2n) is 4.27. The lowest BCUT2D eigenvalue weighted by atomic mass is 10.2. The predicted molar refractivity (Wildman–Crippen MR) is 84.6 cm³/mol. The summed E-state index contributed by atoms with van der Waals surface area (Å²) in [5.74, 6) is 0.832. The molecule has 2 aromatic carbocycles. The van der Waals surface area contributed by atoms with E-state index in [1.807, 2.05) is 72.9 Å². The summed E-state index contributed by atoms with van der Waals surface area (Å²) in [6.07, 6.45) is 3.55. The van der Waals surface area contributed by atoms with Crippen molar-refractivity contribution in [3.63, 3.8) is 0 Å². The fourth-order valence-electron chi connectivity index (χ4n) is 1.67. The average molecular weight is 266 g/mol. The molecule has 0 unspecified atom stereocenters. The summed E-state index contributed by atoms with van der Waals surface area (Å²) >= 11 is 0. The van der Waals surface area contributed by atoms with E-state index in [0.717, 1.165) is 17.0 Å². The number of ether oxygens (including phenoxy) is 1. The largest absolute Gasteiger partial charge is 0.490 e. The first kappa shape index (κ1) is 13.9. The fourth-order valence-corrected chi connectivity index (χ4v) is 1.67. The van der Waals surface area contributed by atoms with Gasteiger partial charge in [-0.05, 0) is 42.0 Å². The number of hydrazone groups is 1. The predicted octanol–water partition coefficient (Wildman–Crippen LogP) is 3.72. The second-order valence-corrected chi connectivity index (χ2v) is 4.27. The third kappa shape index (κ3) is 3.99. The van der Waals surface area contributed by atoms with Crippen molar-refractivity contribution in [1.29, 1.82) is 0 Å². The van der Waals surface area contributed by atoms with Crippen LogP contribution in [0, 0.1) is 0 Å². The van der Waals surface area contributed by atoms with Gasteiger partial charge in [0, 0.05) is 7.05 Å². The fraction of sp³-hybridized carbons (Fsp3) is 0.118. The Balaban J connectivity index is 1.99. The van der Waals surface area contributed by atoms with E-state index >= 15 is 0 Å². The number of para-hydroxylation sites is 1. The van der Waals surface area contributed by atoms with Crippen LogP contribution in [0.15, 0.2) is 72.4 Å². The van der Waals surface area contributed by atoms with Crippen LogP contribution in [0.3, 0.4) is 0 Å². The summed E-state index contributed by atoms with van der Waals surface area (Å²) < 4.78 is 5.43. The lowest BCUT2D eigenvalue weighted by Gasteiger charge is -2.12. The number of benzene rings is 2. The zero-order chi connectivity index (χ0) is 14.2. The van der Waals surface area contributed by atoms with E-state index in [2.05, 4.69) is 11.7 Å². The molecule has 0 saturated carbocycles. The average Bonchev–Trinajstić information content (AvgIpc) is 2.52. The highest BCUT2D eigenvalue weighted by Gasteiger charge is 1.96. The molecule has 0 heterocycles. The molecule has 0 saturated heterocycles. The minimum atomic E-state index is 0.518. The maximum atomic E-state index is 5.43. The summed E-state index contributed by atoms with van der Waals surface area (Å²) in [6, 6.07) is 17.8. The molecule has 0 bridgehead atoms. The van der Waals surface area contributed by atoms with Crippen molar-refractivity contribution >= 4 is 11.9 Å². The number of nitrogens with zero attached hydrogens (tertiary/aromatic N) is 2. The Hall–Kier alpha value is -2.55. The summed E-state index contributed by atoms with van der Waals surface area (Å²) in [5, 5.41) is 6.24. The second kappa shape index (κ2) is 7.14. The first-order valence-electron chi connectivity index (χ1n) is 6.46. The monoisotopic (exact) mass is 266 g/mol. The van der Waals surface area contributed by atoms with Crippen LogP contribution in [-0.4, -0.2) is 19.9 Å². The van der Waals surface area contributed by atoms with Crippen molar-refractivity contribution in [2.45, 2.75) is 0 Å². The third-order valence-electron chi connectivity index (χ3n) is 2.76. The maximum Gasteiger partial charge on any atom is 0.119 e. The molecule has 0 amide bonds. The molecule has 0 fully saturated rings. The molecule has 102 valence electrons. The number of hydrogen-bond acceptors (Lipinski definition) is 3. The molecule has 2 aromatic rings. The molecule has 0 radical (unpaired) electrons. The van der Waals surface area contributed by atoms with Gasteiger partial charge in [-0.25, -0.2) is 0 Å². The topological polar surface area (TPSA) is 24.8 Å². The van der Waals surface area contributed by atoms with Gasteiger partial charge in [0.25, 0.3) is 0 Å². The molecule has 0 aliphatic heterocycles. The molecule has 3 nitrogen and oxygen atoms in total. The van der Waals surface area contributed by atoms with Crippen LogP contribution in [0.1, 0.15) is 5.56 Å². The molecule has 0 aromatic heterocycles. The van der Waals surface area contributed by atoms with Gasteiger partial charge in [0.1, 0.15) is 12.4 Å². The van der Waals surface area contributed by atoms with E-state index in [9.17, 15) is 0 Å². The van der Waals surface area contributed by atoms with E-state index in [4.69, 9.17) is 4.74 Å². The van der Waals surface area contributed by atoms with Gasteiger partial charge in [-0.15, -0.1) is 0 Å². The van der Waals surface area contributed by atoms with E-state index in [0.29, 0.717) is 6.61 Å². The Bertz CT molecular complexity index is 561. The van der Waals surface area contributed by atoms with Gasteiger partial charge in [0.2, 0.25) is 0 Å². The smallest absolute Gasteiger partial charge is 0.119 e. The quantitative estimate of drug-likeness (QED) is 0.452. The highest BCUT2D eigenvalue weighted by Crippen LogP contribution is 2.13. The normalized spacial score (nSPS) is 10.4. The molecule has 2 rings (SSSR count). The maximum absolute atomic E-state index is 5.43. The molecule has 0 aliphatic rings. The van der Waals surface area contributed by atoms with Gasteiger partial charge < -0.3 is 4.74 Å².